The van der Waals surface area contributed by atoms with E-state index < -0.39 is 9.84 Å². The lowest BCUT2D eigenvalue weighted by Gasteiger charge is -2.35. The van der Waals surface area contributed by atoms with Gasteiger partial charge in [-0.1, -0.05) is 20.8 Å². The molecule has 3 rings (SSSR count). The molecule has 1 aromatic rings. The molecule has 0 saturated carbocycles. The fourth-order valence-electron chi connectivity index (χ4n) is 4.39. The first-order valence-electron chi connectivity index (χ1n) is 10.1. The summed E-state index contributed by atoms with van der Waals surface area (Å²) in [4.78, 5) is 28.3. The van der Waals surface area contributed by atoms with Gasteiger partial charge in [0.25, 0.3) is 0 Å². The Morgan fingerprint density at radius 1 is 1.11 bits per heavy atom. The van der Waals surface area contributed by atoms with Gasteiger partial charge < -0.3 is 9.80 Å². The Bertz CT molecular complexity index is 855. The van der Waals surface area contributed by atoms with Gasteiger partial charge in [0, 0.05) is 38.2 Å². The first kappa shape index (κ1) is 20.8. The van der Waals surface area contributed by atoms with Crippen LogP contribution in [0.3, 0.4) is 0 Å². The number of piperidine rings is 1. The Balaban J connectivity index is 1.67. The first-order chi connectivity index (χ1) is 13.2. The number of anilines is 1. The Labute approximate surface area is 167 Å². The van der Waals surface area contributed by atoms with Crippen LogP contribution in [0.15, 0.2) is 23.1 Å². The second-order valence-electron chi connectivity index (χ2n) is 8.25. The minimum Gasteiger partial charge on any atom is -0.342 e. The van der Waals surface area contributed by atoms with Crippen LogP contribution in [0.4, 0.5) is 5.69 Å². The normalized spacial score (nSPS) is 22.2. The molecule has 2 atom stereocenters. The first-order valence-corrected chi connectivity index (χ1v) is 11.8. The third-order valence-electron chi connectivity index (χ3n) is 5.72. The molecule has 2 unspecified atom stereocenters. The van der Waals surface area contributed by atoms with Crippen LogP contribution in [-0.2, 0) is 25.8 Å². The number of nitrogens with zero attached hydrogens (tertiary/aromatic N) is 2. The lowest BCUT2D eigenvalue weighted by Crippen LogP contribution is -2.43. The van der Waals surface area contributed by atoms with Crippen molar-refractivity contribution in [3.05, 3.63) is 23.8 Å². The summed E-state index contributed by atoms with van der Waals surface area (Å²) < 4.78 is 25.5. The highest BCUT2D eigenvalue weighted by molar-refractivity contribution is 7.91. The second kappa shape index (κ2) is 8.23. The van der Waals surface area contributed by atoms with Crippen LogP contribution in [0.25, 0.3) is 0 Å². The second-order valence-corrected chi connectivity index (χ2v) is 10.4. The number of fused-ring (bicyclic) bond motifs is 1. The largest absolute Gasteiger partial charge is 0.342 e. The van der Waals surface area contributed by atoms with Gasteiger partial charge in [-0.2, -0.15) is 0 Å². The molecule has 0 radical (unpaired) electrons. The van der Waals surface area contributed by atoms with E-state index in [2.05, 4.69) is 13.8 Å². The highest BCUT2D eigenvalue weighted by atomic mass is 32.2. The molecule has 28 heavy (non-hydrogen) atoms. The minimum atomic E-state index is -3.54. The van der Waals surface area contributed by atoms with Crippen molar-refractivity contribution >= 4 is 27.3 Å². The van der Waals surface area contributed by atoms with Gasteiger partial charge in [-0.05, 0) is 48.4 Å². The molecule has 1 fully saturated rings. The summed E-state index contributed by atoms with van der Waals surface area (Å²) in [7, 11) is -3.54. The SMILES string of the molecule is CCC(=O)N1CCc2cc(S(=O)(=O)CCC(=O)N3CC(C)CC(C)C3)ccc21. The number of amides is 2. The van der Waals surface area contributed by atoms with Crippen molar-refractivity contribution in [1.82, 2.24) is 4.90 Å². The molecule has 0 N–H and O–H groups in total. The van der Waals surface area contributed by atoms with Crippen molar-refractivity contribution in [3.8, 4) is 0 Å². The van der Waals surface area contributed by atoms with E-state index in [4.69, 9.17) is 0 Å². The van der Waals surface area contributed by atoms with Crippen LogP contribution < -0.4 is 4.90 Å². The van der Waals surface area contributed by atoms with Crippen LogP contribution in [0.1, 0.15) is 45.6 Å². The summed E-state index contributed by atoms with van der Waals surface area (Å²) in [6, 6.07) is 4.95. The molecule has 7 heteroatoms. The molecule has 0 spiro atoms. The Morgan fingerprint density at radius 3 is 2.43 bits per heavy atom. The van der Waals surface area contributed by atoms with Gasteiger partial charge in [0.15, 0.2) is 9.84 Å². The number of hydrogen-bond acceptors (Lipinski definition) is 4. The van der Waals surface area contributed by atoms with Gasteiger partial charge in [-0.3, -0.25) is 9.59 Å². The van der Waals surface area contributed by atoms with Crippen molar-refractivity contribution in [2.75, 3.05) is 30.3 Å². The van der Waals surface area contributed by atoms with Gasteiger partial charge in [0.05, 0.1) is 10.6 Å². The number of benzene rings is 1. The van der Waals surface area contributed by atoms with Gasteiger partial charge >= 0.3 is 0 Å². The summed E-state index contributed by atoms with van der Waals surface area (Å²) in [6.45, 7) is 8.09. The van der Waals surface area contributed by atoms with E-state index in [0.29, 0.717) is 44.3 Å². The van der Waals surface area contributed by atoms with Crippen molar-refractivity contribution in [1.29, 1.82) is 0 Å². The van der Waals surface area contributed by atoms with Gasteiger partial charge in [-0.15, -0.1) is 0 Å². The number of sulfone groups is 1. The molecule has 2 aliphatic heterocycles. The van der Waals surface area contributed by atoms with Crippen LogP contribution in [0, 0.1) is 11.8 Å². The van der Waals surface area contributed by atoms with Gasteiger partial charge in [0.1, 0.15) is 0 Å². The fourth-order valence-corrected chi connectivity index (χ4v) is 5.66. The zero-order chi connectivity index (χ0) is 20.5. The third kappa shape index (κ3) is 4.40. The predicted molar refractivity (Wildman–Crippen MR) is 109 cm³/mol. The van der Waals surface area contributed by atoms with Crippen molar-refractivity contribution < 1.29 is 18.0 Å². The molecular weight excluding hydrogens is 376 g/mol. The molecule has 6 nitrogen and oxygen atoms in total. The molecule has 1 aromatic carbocycles. The van der Waals surface area contributed by atoms with E-state index in [9.17, 15) is 18.0 Å². The van der Waals surface area contributed by atoms with Crippen molar-refractivity contribution in [2.24, 2.45) is 11.8 Å². The molecule has 2 heterocycles. The maximum atomic E-state index is 12.8. The van der Waals surface area contributed by atoms with Crippen LogP contribution >= 0.6 is 0 Å². The highest BCUT2D eigenvalue weighted by Gasteiger charge is 2.28. The maximum Gasteiger partial charge on any atom is 0.226 e. The number of carbonyl (C=O) groups is 2. The lowest BCUT2D eigenvalue weighted by molar-refractivity contribution is -0.133. The lowest BCUT2D eigenvalue weighted by atomic mass is 9.92. The molecule has 1 saturated heterocycles. The number of hydrogen-bond donors (Lipinski definition) is 0. The van der Waals surface area contributed by atoms with E-state index in [1.165, 1.54) is 0 Å². The molecule has 154 valence electrons. The summed E-state index contributed by atoms with van der Waals surface area (Å²) in [5, 5.41) is 0. The zero-order valence-corrected chi connectivity index (χ0v) is 17.8. The Morgan fingerprint density at radius 2 is 1.79 bits per heavy atom. The van der Waals surface area contributed by atoms with Crippen LogP contribution in [0.2, 0.25) is 0 Å². The van der Waals surface area contributed by atoms with E-state index in [-0.39, 0.29) is 28.9 Å². The van der Waals surface area contributed by atoms with Crippen LogP contribution in [0.5, 0.6) is 0 Å². The summed E-state index contributed by atoms with van der Waals surface area (Å²) in [5.41, 5.74) is 1.69. The van der Waals surface area contributed by atoms with Crippen molar-refractivity contribution in [3.63, 3.8) is 0 Å². The Kier molecular flexibility index (Phi) is 6.12. The molecule has 2 amide bonds. The van der Waals surface area contributed by atoms with E-state index in [0.717, 1.165) is 17.7 Å². The Hall–Kier alpha value is -1.89. The number of carbonyl (C=O) groups excluding carboxylic acids is 2. The van der Waals surface area contributed by atoms with E-state index in [1.54, 1.807) is 23.1 Å². The summed E-state index contributed by atoms with van der Waals surface area (Å²) in [5.74, 6) is 0.693. The van der Waals surface area contributed by atoms with Gasteiger partial charge in [0.2, 0.25) is 11.8 Å². The quantitative estimate of drug-likeness (QED) is 0.753. The van der Waals surface area contributed by atoms with E-state index >= 15 is 0 Å². The fraction of sp³-hybridized carbons (Fsp3) is 0.619. The summed E-state index contributed by atoms with van der Waals surface area (Å²) >= 11 is 0. The number of likely N-dealkylation sites (tertiary alicyclic amines) is 1. The number of rotatable bonds is 5. The average molecular weight is 407 g/mol. The van der Waals surface area contributed by atoms with Crippen LogP contribution in [-0.4, -0.2) is 50.5 Å². The highest BCUT2D eigenvalue weighted by Crippen LogP contribution is 2.31. The van der Waals surface area contributed by atoms with E-state index in [1.807, 2.05) is 11.8 Å². The monoisotopic (exact) mass is 406 g/mol. The zero-order valence-electron chi connectivity index (χ0n) is 17.0. The molecule has 0 aliphatic carbocycles. The maximum absolute atomic E-state index is 12.8. The standard InChI is InChI=1S/C21H30N2O4S/c1-4-20(24)23-9-7-17-12-18(5-6-19(17)23)28(26,27)10-8-21(25)22-13-15(2)11-16(3)14-22/h5-6,12,15-16H,4,7-11,13-14H2,1-3H3. The minimum absolute atomic E-state index is 0.0132. The van der Waals surface area contributed by atoms with Crippen molar-refractivity contribution in [2.45, 2.75) is 51.3 Å². The molecule has 0 bridgehead atoms. The average Bonchev–Trinajstić information content (AvgIpc) is 3.08. The molecule has 0 aromatic heterocycles. The third-order valence-corrected chi connectivity index (χ3v) is 7.43. The molecule has 2 aliphatic rings. The topological polar surface area (TPSA) is 74.8 Å². The van der Waals surface area contributed by atoms with Gasteiger partial charge in [-0.25, -0.2) is 8.42 Å². The molecular formula is C21H30N2O4S. The summed E-state index contributed by atoms with van der Waals surface area (Å²) in [6.07, 6.45) is 2.20. The smallest absolute Gasteiger partial charge is 0.226 e. The predicted octanol–water partition coefficient (Wildman–Crippen LogP) is 2.65.